The molecule has 7 rings (SSSR count). The number of methoxy groups -OCH3 is 1. The van der Waals surface area contributed by atoms with Gasteiger partial charge in [0.25, 0.3) is 0 Å². The van der Waals surface area contributed by atoms with E-state index in [1.165, 1.54) is 11.1 Å². The molecule has 0 saturated carbocycles. The average Bonchev–Trinajstić information content (AvgIpc) is 3.44. The van der Waals surface area contributed by atoms with Crippen LogP contribution in [0, 0.1) is 11.3 Å². The summed E-state index contributed by atoms with van der Waals surface area (Å²) in [6.45, 7) is 0.433. The fourth-order valence-corrected chi connectivity index (χ4v) is 6.82. The molecule has 0 bridgehead atoms. The first kappa shape index (κ1) is 26.7. The topological polar surface area (TPSA) is 101 Å². The summed E-state index contributed by atoms with van der Waals surface area (Å²) >= 11 is 0. The van der Waals surface area contributed by atoms with Crippen molar-refractivity contribution in [1.82, 2.24) is 0 Å². The molecule has 6 nitrogen and oxygen atoms in total. The second-order valence-corrected chi connectivity index (χ2v) is 11.3. The monoisotopic (exact) mass is 567 g/mol. The number of phenolic OH excluding ortho intramolecular Hbond substituents is 1. The summed E-state index contributed by atoms with van der Waals surface area (Å²) in [4.78, 5) is 0. The molecule has 5 aromatic carbocycles. The first-order valence-corrected chi connectivity index (χ1v) is 14.5. The van der Waals surface area contributed by atoms with Gasteiger partial charge in [0.1, 0.15) is 18.2 Å². The van der Waals surface area contributed by atoms with Crippen molar-refractivity contribution in [2.75, 3.05) is 12.4 Å². The van der Waals surface area contributed by atoms with Gasteiger partial charge in [-0.25, -0.2) is 0 Å². The summed E-state index contributed by atoms with van der Waals surface area (Å²) in [5, 5.41) is 22.9. The number of fused-ring (bicyclic) bond motifs is 5. The summed E-state index contributed by atoms with van der Waals surface area (Å²) < 4.78 is 12.0. The molecule has 0 amide bonds. The number of aromatic hydroxyl groups is 1. The summed E-state index contributed by atoms with van der Waals surface area (Å²) in [6.07, 6.45) is 0.886. The third-order valence-electron chi connectivity index (χ3n) is 8.81. The molecule has 3 atom stereocenters. The molecule has 5 aromatic rings. The lowest BCUT2D eigenvalue weighted by Gasteiger charge is -2.39. The molecular formula is C37H33N3O3. The lowest BCUT2D eigenvalue weighted by molar-refractivity contribution is 0.307. The summed E-state index contributed by atoms with van der Waals surface area (Å²) in [7, 11) is 1.58. The zero-order valence-corrected chi connectivity index (χ0v) is 23.9. The number of para-hydroxylation sites is 1. The zero-order valence-electron chi connectivity index (χ0n) is 23.9. The van der Waals surface area contributed by atoms with Crippen molar-refractivity contribution in [3.8, 4) is 28.4 Å². The molecule has 214 valence electrons. The minimum Gasteiger partial charge on any atom is -0.504 e. The van der Waals surface area contributed by atoms with Crippen molar-refractivity contribution < 1.29 is 14.6 Å². The van der Waals surface area contributed by atoms with Gasteiger partial charge in [0.15, 0.2) is 11.5 Å². The predicted octanol–water partition coefficient (Wildman–Crippen LogP) is 7.40. The highest BCUT2D eigenvalue weighted by Gasteiger charge is 2.44. The molecule has 2 aliphatic rings. The molecule has 0 fully saturated rings. The van der Waals surface area contributed by atoms with Crippen molar-refractivity contribution >= 4 is 11.5 Å². The van der Waals surface area contributed by atoms with Crippen molar-refractivity contribution in [3.05, 3.63) is 143 Å². The zero-order chi connectivity index (χ0) is 29.5. The molecular weight excluding hydrogens is 534 g/mol. The highest BCUT2D eigenvalue weighted by Crippen LogP contribution is 2.56. The smallest absolute Gasteiger partial charge is 0.160 e. The van der Waals surface area contributed by atoms with E-state index in [4.69, 9.17) is 20.6 Å². The Kier molecular flexibility index (Phi) is 6.74. The molecule has 1 aliphatic heterocycles. The van der Waals surface area contributed by atoms with E-state index in [-0.39, 0.29) is 29.5 Å². The van der Waals surface area contributed by atoms with E-state index in [9.17, 15) is 5.11 Å². The number of hydrogen-bond donors (Lipinski definition) is 4. The number of amidine groups is 1. The van der Waals surface area contributed by atoms with Crippen LogP contribution in [0.2, 0.25) is 0 Å². The number of benzene rings is 5. The molecule has 1 aliphatic carbocycles. The molecule has 0 spiro atoms. The van der Waals surface area contributed by atoms with Crippen LogP contribution in [0.4, 0.5) is 5.69 Å². The Hall–Kier alpha value is -5.23. The SMILES string of the molecule is COc1cc(C2Nc3ccc(C(=N)N)cc3C3c4ccccc4CC23)c(-c2ccccc2OCc2ccccc2)cc1O. The Labute approximate surface area is 251 Å². The maximum absolute atomic E-state index is 11.0. The van der Waals surface area contributed by atoms with E-state index in [2.05, 4.69) is 35.6 Å². The fraction of sp³-hybridized carbons (Fsp3) is 0.162. The van der Waals surface area contributed by atoms with Crippen LogP contribution < -0.4 is 20.5 Å². The quantitative estimate of drug-likeness (QED) is 0.121. The second-order valence-electron chi connectivity index (χ2n) is 11.3. The summed E-state index contributed by atoms with van der Waals surface area (Å²) in [6, 6.07) is 36.4. The van der Waals surface area contributed by atoms with E-state index in [0.29, 0.717) is 12.4 Å². The van der Waals surface area contributed by atoms with Gasteiger partial charge in [0.2, 0.25) is 0 Å². The van der Waals surface area contributed by atoms with Gasteiger partial charge < -0.3 is 25.6 Å². The number of nitrogen functional groups attached to an aromatic ring is 1. The van der Waals surface area contributed by atoms with Crippen LogP contribution >= 0.6 is 0 Å². The molecule has 0 radical (unpaired) electrons. The Bertz CT molecular complexity index is 1840. The summed E-state index contributed by atoms with van der Waals surface area (Å²) in [5.41, 5.74) is 15.3. The van der Waals surface area contributed by atoms with Gasteiger partial charge in [0.05, 0.1) is 13.2 Å². The number of anilines is 1. The molecule has 0 saturated heterocycles. The third-order valence-corrected chi connectivity index (χ3v) is 8.81. The van der Waals surface area contributed by atoms with Crippen molar-refractivity contribution in [3.63, 3.8) is 0 Å². The van der Waals surface area contributed by atoms with Crippen molar-refractivity contribution in [1.29, 1.82) is 5.41 Å². The van der Waals surface area contributed by atoms with Crippen LogP contribution in [0.3, 0.4) is 0 Å². The van der Waals surface area contributed by atoms with Gasteiger partial charge in [-0.05, 0) is 82.1 Å². The maximum Gasteiger partial charge on any atom is 0.160 e. The standard InChI is InChI=1S/C37H33N3O3/c1-42-34-20-28(27(19-32(34)41)26-13-7-8-14-33(26)43-21-22-9-3-2-4-10-22)36-30-17-23-11-5-6-12-25(23)35(30)29-18-24(37(38)39)15-16-31(29)40-36/h2-16,18-20,30,35-36,40-41H,17,21H2,1H3,(H3,38,39). The van der Waals surface area contributed by atoms with Gasteiger partial charge in [-0.3, -0.25) is 5.41 Å². The Morgan fingerprint density at radius 3 is 2.42 bits per heavy atom. The van der Waals surface area contributed by atoms with E-state index >= 15 is 0 Å². The van der Waals surface area contributed by atoms with Crippen LogP contribution in [0.1, 0.15) is 45.3 Å². The minimum absolute atomic E-state index is 0.0606. The summed E-state index contributed by atoms with van der Waals surface area (Å²) in [5.74, 6) is 1.60. The Morgan fingerprint density at radius 2 is 1.60 bits per heavy atom. The van der Waals surface area contributed by atoms with E-state index < -0.39 is 0 Å². The molecule has 6 heteroatoms. The van der Waals surface area contributed by atoms with Crippen LogP contribution in [-0.2, 0) is 13.0 Å². The number of nitrogens with two attached hydrogens (primary N) is 1. The van der Waals surface area contributed by atoms with Crippen LogP contribution in [0.25, 0.3) is 11.1 Å². The van der Waals surface area contributed by atoms with Crippen molar-refractivity contribution in [2.45, 2.75) is 25.0 Å². The number of hydrogen-bond acceptors (Lipinski definition) is 5. The van der Waals surface area contributed by atoms with E-state index in [0.717, 1.165) is 51.2 Å². The number of rotatable bonds is 7. The van der Waals surface area contributed by atoms with Crippen molar-refractivity contribution in [2.24, 2.45) is 11.7 Å². The minimum atomic E-state index is -0.0974. The highest BCUT2D eigenvalue weighted by molar-refractivity contribution is 5.96. The van der Waals surface area contributed by atoms with Gasteiger partial charge in [-0.2, -0.15) is 0 Å². The van der Waals surface area contributed by atoms with Gasteiger partial charge >= 0.3 is 0 Å². The normalized spacial score (nSPS) is 18.1. The molecule has 3 unspecified atom stereocenters. The lowest BCUT2D eigenvalue weighted by Crippen LogP contribution is -2.31. The second kappa shape index (κ2) is 10.9. The highest BCUT2D eigenvalue weighted by atomic mass is 16.5. The third kappa shape index (κ3) is 4.75. The fourth-order valence-electron chi connectivity index (χ4n) is 6.82. The maximum atomic E-state index is 11.0. The molecule has 1 heterocycles. The van der Waals surface area contributed by atoms with Crippen LogP contribution in [-0.4, -0.2) is 18.1 Å². The largest absolute Gasteiger partial charge is 0.504 e. The molecule has 0 aromatic heterocycles. The Balaban J connectivity index is 1.37. The van der Waals surface area contributed by atoms with Gasteiger partial charge in [-0.1, -0.05) is 72.8 Å². The van der Waals surface area contributed by atoms with E-state index in [1.807, 2.05) is 72.8 Å². The molecule has 43 heavy (non-hydrogen) atoms. The molecule has 5 N–H and O–H groups in total. The first-order chi connectivity index (χ1) is 21.0. The number of ether oxygens (including phenoxy) is 2. The van der Waals surface area contributed by atoms with Gasteiger partial charge in [0, 0.05) is 22.7 Å². The first-order valence-electron chi connectivity index (χ1n) is 14.5. The van der Waals surface area contributed by atoms with Crippen LogP contribution in [0.5, 0.6) is 17.2 Å². The number of nitrogens with one attached hydrogen (secondary N) is 2. The average molecular weight is 568 g/mol. The lowest BCUT2D eigenvalue weighted by atomic mass is 9.74. The Morgan fingerprint density at radius 1 is 0.837 bits per heavy atom. The van der Waals surface area contributed by atoms with Crippen LogP contribution in [0.15, 0.2) is 109 Å². The van der Waals surface area contributed by atoms with E-state index in [1.54, 1.807) is 13.2 Å². The van der Waals surface area contributed by atoms with Gasteiger partial charge in [-0.15, -0.1) is 0 Å². The predicted molar refractivity (Wildman–Crippen MR) is 170 cm³/mol. The number of phenols is 1.